The predicted molar refractivity (Wildman–Crippen MR) is 64.0 cm³/mol. The lowest BCUT2D eigenvalue weighted by atomic mass is 10.4. The van der Waals surface area contributed by atoms with Crippen LogP contribution in [0.25, 0.3) is 0 Å². The number of hydrogen-bond donors (Lipinski definition) is 1. The Kier molecular flexibility index (Phi) is 2.81. The van der Waals surface area contributed by atoms with Crippen molar-refractivity contribution < 1.29 is 0 Å². The molecule has 4 nitrogen and oxygen atoms in total. The van der Waals surface area contributed by atoms with E-state index in [1.54, 1.807) is 12.3 Å². The van der Waals surface area contributed by atoms with Gasteiger partial charge in [0, 0.05) is 18.8 Å². The summed E-state index contributed by atoms with van der Waals surface area (Å²) in [4.78, 5) is 11.1. The van der Waals surface area contributed by atoms with Crippen molar-refractivity contribution >= 4 is 23.2 Å². The summed E-state index contributed by atoms with van der Waals surface area (Å²) in [5.41, 5.74) is 6.19. The fourth-order valence-electron chi connectivity index (χ4n) is 1.57. The highest BCUT2D eigenvalue weighted by Crippen LogP contribution is 2.29. The van der Waals surface area contributed by atoms with Crippen molar-refractivity contribution in [3.8, 4) is 0 Å². The van der Waals surface area contributed by atoms with E-state index in [1.165, 1.54) is 12.8 Å². The zero-order chi connectivity index (χ0) is 10.8. The molecule has 0 aliphatic heterocycles. The zero-order valence-electron chi connectivity index (χ0n) is 8.68. The second kappa shape index (κ2) is 4.10. The van der Waals surface area contributed by atoms with E-state index in [9.17, 15) is 0 Å². The quantitative estimate of drug-likeness (QED) is 0.773. The van der Waals surface area contributed by atoms with E-state index in [4.69, 9.17) is 18.0 Å². The maximum atomic E-state index is 5.54. The molecule has 0 amide bonds. The molecule has 0 aromatic carbocycles. The van der Waals surface area contributed by atoms with Gasteiger partial charge in [-0.3, -0.25) is 0 Å². The normalized spacial score (nSPS) is 15.0. The third kappa shape index (κ3) is 2.23. The van der Waals surface area contributed by atoms with Crippen molar-refractivity contribution in [3.63, 3.8) is 0 Å². The zero-order valence-corrected chi connectivity index (χ0v) is 9.50. The van der Waals surface area contributed by atoms with Crippen LogP contribution in [0.3, 0.4) is 0 Å². The molecule has 0 spiro atoms. The Labute approximate surface area is 94.5 Å². The fraction of sp³-hybridized carbons (Fsp3) is 0.500. The van der Waals surface area contributed by atoms with Crippen LogP contribution in [0, 0.1) is 0 Å². The fourth-order valence-corrected chi connectivity index (χ4v) is 1.69. The molecule has 2 rings (SSSR count). The molecule has 1 aromatic heterocycles. The highest BCUT2D eigenvalue weighted by Gasteiger charge is 2.29. The van der Waals surface area contributed by atoms with Crippen molar-refractivity contribution in [3.05, 3.63) is 18.0 Å². The predicted octanol–water partition coefficient (Wildman–Crippen LogP) is 1.10. The molecule has 5 heteroatoms. The summed E-state index contributed by atoms with van der Waals surface area (Å²) in [5, 5.41) is 0. The van der Waals surface area contributed by atoms with Crippen molar-refractivity contribution in [1.29, 1.82) is 0 Å². The SMILES string of the molecule is CCN(c1nccc(C(N)=S)n1)C1CC1. The summed E-state index contributed by atoms with van der Waals surface area (Å²) in [6, 6.07) is 2.35. The van der Waals surface area contributed by atoms with Crippen LogP contribution in [-0.4, -0.2) is 27.5 Å². The number of anilines is 1. The first-order valence-corrected chi connectivity index (χ1v) is 5.52. The number of hydrogen-bond acceptors (Lipinski definition) is 4. The molecule has 0 radical (unpaired) electrons. The van der Waals surface area contributed by atoms with Gasteiger partial charge in [-0.25, -0.2) is 9.97 Å². The lowest BCUT2D eigenvalue weighted by Crippen LogP contribution is -2.28. The monoisotopic (exact) mass is 222 g/mol. The van der Waals surface area contributed by atoms with Gasteiger partial charge >= 0.3 is 0 Å². The average Bonchev–Trinajstić information content (AvgIpc) is 3.04. The molecule has 15 heavy (non-hydrogen) atoms. The second-order valence-electron chi connectivity index (χ2n) is 3.62. The van der Waals surface area contributed by atoms with E-state index in [2.05, 4.69) is 21.8 Å². The standard InChI is InChI=1S/C10H14N4S/c1-2-14(7-3-4-7)10-12-6-5-8(13-10)9(11)15/h5-7H,2-4H2,1H3,(H2,11,15). The van der Waals surface area contributed by atoms with Crippen LogP contribution in [0.15, 0.2) is 12.3 Å². The molecule has 1 heterocycles. The smallest absolute Gasteiger partial charge is 0.226 e. The minimum absolute atomic E-state index is 0.325. The van der Waals surface area contributed by atoms with Gasteiger partial charge in [-0.2, -0.15) is 0 Å². The summed E-state index contributed by atoms with van der Waals surface area (Å²) in [5.74, 6) is 0.741. The molecule has 0 atom stereocenters. The van der Waals surface area contributed by atoms with Gasteiger partial charge < -0.3 is 10.6 Å². The summed E-state index contributed by atoms with van der Waals surface area (Å²) in [7, 11) is 0. The van der Waals surface area contributed by atoms with Gasteiger partial charge in [0.05, 0.1) is 0 Å². The van der Waals surface area contributed by atoms with Gasteiger partial charge in [0.1, 0.15) is 10.7 Å². The van der Waals surface area contributed by atoms with Gasteiger partial charge in [0.2, 0.25) is 5.95 Å². The van der Waals surface area contributed by atoms with E-state index in [0.717, 1.165) is 12.5 Å². The largest absolute Gasteiger partial charge is 0.388 e. The third-order valence-electron chi connectivity index (χ3n) is 2.48. The highest BCUT2D eigenvalue weighted by atomic mass is 32.1. The summed E-state index contributed by atoms with van der Waals surface area (Å²) >= 11 is 4.89. The van der Waals surface area contributed by atoms with E-state index < -0.39 is 0 Å². The first-order chi connectivity index (χ1) is 7.22. The molecule has 1 aliphatic rings. The van der Waals surface area contributed by atoms with Crippen molar-refractivity contribution in [1.82, 2.24) is 9.97 Å². The van der Waals surface area contributed by atoms with Gasteiger partial charge in [-0.05, 0) is 25.8 Å². The Balaban J connectivity index is 2.26. The van der Waals surface area contributed by atoms with Crippen LogP contribution in [0.2, 0.25) is 0 Å². The molecular formula is C10H14N4S. The van der Waals surface area contributed by atoms with Gasteiger partial charge in [0.15, 0.2) is 0 Å². The maximum Gasteiger partial charge on any atom is 0.226 e. The van der Waals surface area contributed by atoms with Crippen molar-refractivity contribution in [2.75, 3.05) is 11.4 Å². The van der Waals surface area contributed by atoms with Crippen LogP contribution in [-0.2, 0) is 0 Å². The Hall–Kier alpha value is -1.23. The molecule has 1 saturated carbocycles. The van der Waals surface area contributed by atoms with Crippen LogP contribution < -0.4 is 10.6 Å². The molecule has 2 N–H and O–H groups in total. The van der Waals surface area contributed by atoms with E-state index in [0.29, 0.717) is 16.7 Å². The molecule has 1 aromatic rings. The molecule has 1 fully saturated rings. The molecule has 0 unspecified atom stereocenters. The lowest BCUT2D eigenvalue weighted by Gasteiger charge is -2.20. The van der Waals surface area contributed by atoms with Gasteiger partial charge in [-0.15, -0.1) is 0 Å². The maximum absolute atomic E-state index is 5.54. The first kappa shape index (κ1) is 10.3. The lowest BCUT2D eigenvalue weighted by molar-refractivity contribution is 0.785. The molecular weight excluding hydrogens is 208 g/mol. The average molecular weight is 222 g/mol. The molecule has 1 aliphatic carbocycles. The Morgan fingerprint density at radius 2 is 2.40 bits per heavy atom. The van der Waals surface area contributed by atoms with Crippen LogP contribution in [0.1, 0.15) is 25.5 Å². The van der Waals surface area contributed by atoms with Crippen LogP contribution >= 0.6 is 12.2 Å². The van der Waals surface area contributed by atoms with Gasteiger partial charge in [-0.1, -0.05) is 12.2 Å². The summed E-state index contributed by atoms with van der Waals surface area (Å²) < 4.78 is 0. The van der Waals surface area contributed by atoms with E-state index in [-0.39, 0.29) is 0 Å². The van der Waals surface area contributed by atoms with Gasteiger partial charge in [0.25, 0.3) is 0 Å². The molecule has 0 saturated heterocycles. The Morgan fingerprint density at radius 1 is 1.67 bits per heavy atom. The third-order valence-corrected chi connectivity index (χ3v) is 2.69. The summed E-state index contributed by atoms with van der Waals surface area (Å²) in [6.45, 7) is 3.03. The van der Waals surface area contributed by atoms with Crippen LogP contribution in [0.4, 0.5) is 5.95 Å². The van der Waals surface area contributed by atoms with Crippen molar-refractivity contribution in [2.24, 2.45) is 5.73 Å². The number of nitrogens with zero attached hydrogens (tertiary/aromatic N) is 3. The van der Waals surface area contributed by atoms with Crippen molar-refractivity contribution in [2.45, 2.75) is 25.8 Å². The Morgan fingerprint density at radius 3 is 2.93 bits per heavy atom. The second-order valence-corrected chi connectivity index (χ2v) is 4.06. The number of nitrogens with two attached hydrogens (primary N) is 1. The molecule has 80 valence electrons. The van der Waals surface area contributed by atoms with Crippen LogP contribution in [0.5, 0.6) is 0 Å². The minimum atomic E-state index is 0.325. The molecule has 0 bridgehead atoms. The topological polar surface area (TPSA) is 55.0 Å². The Bertz CT molecular complexity index is 375. The number of rotatable bonds is 4. The van der Waals surface area contributed by atoms with E-state index in [1.807, 2.05) is 0 Å². The minimum Gasteiger partial charge on any atom is -0.388 e. The highest BCUT2D eigenvalue weighted by molar-refractivity contribution is 7.80. The number of aromatic nitrogens is 2. The van der Waals surface area contributed by atoms with E-state index >= 15 is 0 Å². The summed E-state index contributed by atoms with van der Waals surface area (Å²) in [6.07, 6.45) is 4.17. The first-order valence-electron chi connectivity index (χ1n) is 5.12. The number of thiocarbonyl (C=S) groups is 1.